The van der Waals surface area contributed by atoms with Gasteiger partial charge in [0.15, 0.2) is 12.6 Å². The summed E-state index contributed by atoms with van der Waals surface area (Å²) >= 11 is 0. The van der Waals surface area contributed by atoms with Crippen molar-refractivity contribution in [3.8, 4) is 0 Å². The molecular formula is C64H109NO13. The smallest absolute Gasteiger partial charge is 0.220 e. The maximum Gasteiger partial charge on any atom is 0.220 e. The number of carbonyl (C=O) groups is 1. The lowest BCUT2D eigenvalue weighted by atomic mass is 9.97. The summed E-state index contributed by atoms with van der Waals surface area (Å²) in [6.45, 7) is 2.71. The number of hydrogen-bond donors (Lipinski definition) is 9. The standard InChI is InChI=1S/C64H109NO13/c1-3-5-7-9-11-13-15-16-17-18-19-20-21-22-23-24-25-26-27-28-29-30-31-32-33-34-35-36-38-40-42-44-46-48-56(69)65-52(53(68)47-45-43-41-39-37-14-12-10-8-6-4-2)51-75-63-61(74)59(72)62(55(50-67)77-63)78-64-60(73)58(71)57(70)54(49-66)76-64/h5,7,11,13,16-17,19-20,22-23,25-26,28-29,31-32,52-55,57-64,66-68,70-74H,3-4,6,8-10,12,14-15,18,21,24,27,30,33-51H2,1-2H3,(H,65,69)/b7-5-,13-11-,17-16-,20-19-,23-22-,26-25-,29-28-,32-31-. The zero-order valence-corrected chi connectivity index (χ0v) is 48.1. The van der Waals surface area contributed by atoms with Gasteiger partial charge in [0, 0.05) is 6.42 Å². The number of aliphatic hydroxyl groups excluding tert-OH is 8. The van der Waals surface area contributed by atoms with Gasteiger partial charge in [-0.1, -0.05) is 220 Å². The van der Waals surface area contributed by atoms with Gasteiger partial charge in [0.05, 0.1) is 32.0 Å². The molecule has 14 heteroatoms. The van der Waals surface area contributed by atoms with Crippen molar-refractivity contribution in [2.45, 2.75) is 280 Å². The van der Waals surface area contributed by atoms with Gasteiger partial charge in [-0.15, -0.1) is 0 Å². The monoisotopic (exact) mass is 1100 g/mol. The first-order valence-electron chi connectivity index (χ1n) is 30.5. The number of ether oxygens (including phenoxy) is 4. The molecule has 2 rings (SSSR count). The Morgan fingerprint density at radius 3 is 1.36 bits per heavy atom. The average Bonchev–Trinajstić information content (AvgIpc) is 3.47. The zero-order valence-electron chi connectivity index (χ0n) is 48.1. The van der Waals surface area contributed by atoms with E-state index in [-0.39, 0.29) is 18.9 Å². The Balaban J connectivity index is 1.66. The maximum atomic E-state index is 13.3. The molecule has 2 aliphatic rings. The van der Waals surface area contributed by atoms with Crippen LogP contribution in [0, 0.1) is 0 Å². The van der Waals surface area contributed by atoms with Crippen molar-refractivity contribution in [3.05, 3.63) is 97.2 Å². The van der Waals surface area contributed by atoms with E-state index >= 15 is 0 Å². The Hall–Kier alpha value is -3.09. The van der Waals surface area contributed by atoms with E-state index in [1.54, 1.807) is 0 Å². The third-order valence-corrected chi connectivity index (χ3v) is 14.3. The number of hydrogen-bond acceptors (Lipinski definition) is 13. The molecule has 0 spiro atoms. The molecule has 2 fully saturated rings. The summed E-state index contributed by atoms with van der Waals surface area (Å²) in [5.74, 6) is -0.221. The van der Waals surface area contributed by atoms with Crippen molar-refractivity contribution in [1.29, 1.82) is 0 Å². The van der Waals surface area contributed by atoms with Gasteiger partial charge in [0.2, 0.25) is 5.91 Å². The number of aliphatic hydroxyl groups is 8. The van der Waals surface area contributed by atoms with Gasteiger partial charge in [0.1, 0.15) is 48.8 Å². The summed E-state index contributed by atoms with van der Waals surface area (Å²) in [4.78, 5) is 13.3. The minimum Gasteiger partial charge on any atom is -0.394 e. The van der Waals surface area contributed by atoms with E-state index in [2.05, 4.69) is 116 Å². The molecule has 2 aliphatic heterocycles. The van der Waals surface area contributed by atoms with Crippen LogP contribution in [0.2, 0.25) is 0 Å². The normalized spacial score (nSPS) is 25.3. The van der Waals surface area contributed by atoms with Crippen molar-refractivity contribution < 1.29 is 64.6 Å². The van der Waals surface area contributed by atoms with Crippen molar-refractivity contribution in [1.82, 2.24) is 5.32 Å². The molecule has 0 radical (unpaired) electrons. The Morgan fingerprint density at radius 2 is 0.885 bits per heavy atom. The average molecular weight is 1100 g/mol. The molecule has 0 saturated carbocycles. The van der Waals surface area contributed by atoms with Crippen LogP contribution in [0.25, 0.3) is 0 Å². The molecular weight excluding hydrogens is 991 g/mol. The summed E-state index contributed by atoms with van der Waals surface area (Å²) in [5, 5.41) is 87.1. The van der Waals surface area contributed by atoms with E-state index in [4.69, 9.17) is 18.9 Å². The number of carbonyl (C=O) groups excluding carboxylic acids is 1. The first kappa shape index (κ1) is 71.0. The van der Waals surface area contributed by atoms with E-state index in [9.17, 15) is 45.6 Å². The highest BCUT2D eigenvalue weighted by atomic mass is 16.7. The lowest BCUT2D eigenvalue weighted by Crippen LogP contribution is -2.65. The van der Waals surface area contributed by atoms with Crippen LogP contribution < -0.4 is 5.32 Å². The summed E-state index contributed by atoms with van der Waals surface area (Å²) in [5.41, 5.74) is 0. The zero-order chi connectivity index (χ0) is 56.7. The number of nitrogens with one attached hydrogen (secondary N) is 1. The van der Waals surface area contributed by atoms with Crippen LogP contribution in [-0.4, -0.2) is 140 Å². The Labute approximate surface area is 471 Å². The summed E-state index contributed by atoms with van der Waals surface area (Å²) in [7, 11) is 0. The summed E-state index contributed by atoms with van der Waals surface area (Å²) in [6.07, 6.45) is 49.9. The molecule has 0 aromatic carbocycles. The molecule has 12 atom stereocenters. The molecule has 0 aromatic heterocycles. The third-order valence-electron chi connectivity index (χ3n) is 14.3. The van der Waals surface area contributed by atoms with E-state index in [1.807, 2.05) is 0 Å². The third kappa shape index (κ3) is 33.6. The van der Waals surface area contributed by atoms with E-state index in [0.717, 1.165) is 103 Å². The van der Waals surface area contributed by atoms with Crippen LogP contribution in [0.5, 0.6) is 0 Å². The highest BCUT2D eigenvalue weighted by Gasteiger charge is 2.51. The molecule has 1 amide bonds. The fraction of sp³-hybridized carbons (Fsp3) is 0.734. The lowest BCUT2D eigenvalue weighted by molar-refractivity contribution is -0.359. The van der Waals surface area contributed by atoms with E-state index < -0.39 is 86.8 Å². The quantitative estimate of drug-likeness (QED) is 0.0204. The predicted octanol–water partition coefficient (Wildman–Crippen LogP) is 10.7. The van der Waals surface area contributed by atoms with Crippen molar-refractivity contribution >= 4 is 5.91 Å². The molecule has 12 unspecified atom stereocenters. The minimum atomic E-state index is -1.79. The number of amides is 1. The second kappa shape index (κ2) is 48.6. The van der Waals surface area contributed by atoms with Crippen molar-refractivity contribution in [2.24, 2.45) is 0 Å². The minimum absolute atomic E-state index is 0.221. The Morgan fingerprint density at radius 1 is 0.474 bits per heavy atom. The van der Waals surface area contributed by atoms with Crippen molar-refractivity contribution in [3.63, 3.8) is 0 Å². The molecule has 9 N–H and O–H groups in total. The number of rotatable bonds is 47. The van der Waals surface area contributed by atoms with Gasteiger partial charge in [-0.3, -0.25) is 4.79 Å². The highest BCUT2D eigenvalue weighted by molar-refractivity contribution is 5.76. The highest BCUT2D eigenvalue weighted by Crippen LogP contribution is 2.30. The van der Waals surface area contributed by atoms with Crippen LogP contribution in [-0.2, 0) is 23.7 Å². The van der Waals surface area contributed by atoms with Crippen molar-refractivity contribution in [2.75, 3.05) is 19.8 Å². The summed E-state index contributed by atoms with van der Waals surface area (Å²) < 4.78 is 22.8. The second-order valence-electron chi connectivity index (χ2n) is 21.1. The van der Waals surface area contributed by atoms with Gasteiger partial charge < -0.3 is 65.1 Å². The van der Waals surface area contributed by atoms with Gasteiger partial charge in [-0.25, -0.2) is 0 Å². The second-order valence-corrected chi connectivity index (χ2v) is 21.1. The largest absolute Gasteiger partial charge is 0.394 e. The molecule has 2 saturated heterocycles. The first-order valence-corrected chi connectivity index (χ1v) is 30.5. The first-order chi connectivity index (χ1) is 38.1. The Bertz CT molecular complexity index is 1680. The fourth-order valence-corrected chi connectivity index (χ4v) is 9.43. The summed E-state index contributed by atoms with van der Waals surface area (Å²) in [6, 6.07) is -0.838. The van der Waals surface area contributed by atoms with E-state index in [0.29, 0.717) is 12.8 Å². The topological polar surface area (TPSA) is 228 Å². The van der Waals surface area contributed by atoms with Crippen LogP contribution in [0.3, 0.4) is 0 Å². The number of allylic oxidation sites excluding steroid dienone is 16. The fourth-order valence-electron chi connectivity index (χ4n) is 9.43. The molecule has 0 aromatic rings. The SMILES string of the molecule is CC/C=C\C/C=C\C/C=C\C/C=C\C/C=C\C/C=C\C/C=C\C/C=C\CCCCCCCCCCC(=O)NC(COC1OC(CO)C(OC2OC(CO)C(O)C(O)C2O)C(O)C1O)C(O)CCCCCCCCCCCCC. The molecule has 0 bridgehead atoms. The molecule has 2 heterocycles. The van der Waals surface area contributed by atoms with Gasteiger partial charge in [-0.05, 0) is 77.0 Å². The van der Waals surface area contributed by atoms with Crippen LogP contribution in [0.1, 0.15) is 206 Å². The maximum absolute atomic E-state index is 13.3. The van der Waals surface area contributed by atoms with Gasteiger partial charge in [0.25, 0.3) is 0 Å². The van der Waals surface area contributed by atoms with Crippen LogP contribution in [0.15, 0.2) is 97.2 Å². The molecule has 448 valence electrons. The van der Waals surface area contributed by atoms with Crippen LogP contribution >= 0.6 is 0 Å². The predicted molar refractivity (Wildman–Crippen MR) is 313 cm³/mol. The molecule has 78 heavy (non-hydrogen) atoms. The van der Waals surface area contributed by atoms with E-state index in [1.165, 1.54) is 70.6 Å². The number of unbranched alkanes of at least 4 members (excludes halogenated alkanes) is 18. The van der Waals surface area contributed by atoms with Crippen LogP contribution in [0.4, 0.5) is 0 Å². The molecule has 0 aliphatic carbocycles. The lowest BCUT2D eigenvalue weighted by Gasteiger charge is -2.46. The molecule has 14 nitrogen and oxygen atoms in total. The van der Waals surface area contributed by atoms with Gasteiger partial charge >= 0.3 is 0 Å². The Kier molecular flexibility index (Phi) is 44.3. The van der Waals surface area contributed by atoms with Gasteiger partial charge in [-0.2, -0.15) is 0 Å².